The molecule has 80 heavy (non-hydrogen) atoms. The minimum Gasteiger partial charge on any atom is -0.509 e. The summed E-state index contributed by atoms with van der Waals surface area (Å²) in [6.07, 6.45) is 1.85. The van der Waals surface area contributed by atoms with E-state index in [0.717, 1.165) is 84.4 Å². The van der Waals surface area contributed by atoms with Crippen LogP contribution in [0.5, 0.6) is 11.5 Å². The molecule has 0 saturated carbocycles. The van der Waals surface area contributed by atoms with Crippen molar-refractivity contribution in [2.75, 3.05) is 9.80 Å². The summed E-state index contributed by atoms with van der Waals surface area (Å²) >= 11 is 0. The van der Waals surface area contributed by atoms with Gasteiger partial charge in [-0.15, -0.1) is 53.6 Å². The van der Waals surface area contributed by atoms with E-state index in [9.17, 15) is 0 Å². The summed E-state index contributed by atoms with van der Waals surface area (Å²) in [7, 11) is 0. The van der Waals surface area contributed by atoms with Crippen molar-refractivity contribution in [2.45, 2.75) is 26.2 Å². The van der Waals surface area contributed by atoms with Crippen LogP contribution in [-0.4, -0.2) is 9.55 Å². The first-order valence-electron chi connectivity index (χ1n) is 25.9. The van der Waals surface area contributed by atoms with Crippen LogP contribution in [0.2, 0.25) is 0 Å². The third kappa shape index (κ3) is 9.83. The monoisotopic (exact) mass is 1230 g/mol. The van der Waals surface area contributed by atoms with Crippen LogP contribution in [0.4, 0.5) is 40.3 Å². The summed E-state index contributed by atoms with van der Waals surface area (Å²) in [6, 6.07) is 74.3. The molecule has 0 N–H and O–H groups in total. The van der Waals surface area contributed by atoms with E-state index < -0.39 is 23.3 Å². The molecule has 0 unspecified atom stereocenters. The standard InChI is InChI=1S/C70H47F4N4O.Pt/c1-70(2,3)52-27-28-75-68(38-52)78-64-22-11-10-19-62(64)63-26-25-58(42-67(63)78)79-59-37-49(48-30-46(44-15-6-4-7-16-44)29-47(31-48)45-17-8-5-9-18-45)36-57(41-59)76-43-77(66-24-13-12-23-65(66)76)69-60(50-32-53(71)39-54(72)33-50)20-14-21-61(69)51-34-55(73)40-56(74)35-51;/h4-40,43H,1-3H3;/q-3;. The summed E-state index contributed by atoms with van der Waals surface area (Å²) < 4.78 is 69.8. The van der Waals surface area contributed by atoms with Gasteiger partial charge in [0.15, 0.2) is 0 Å². The van der Waals surface area contributed by atoms with Gasteiger partial charge in [-0.3, -0.25) is 0 Å². The van der Waals surface area contributed by atoms with Crippen LogP contribution in [0.25, 0.3) is 83.3 Å². The summed E-state index contributed by atoms with van der Waals surface area (Å²) in [5, 5.41) is 2.04. The van der Waals surface area contributed by atoms with Crippen molar-refractivity contribution in [3.8, 4) is 73.0 Å². The normalized spacial score (nSPS) is 12.2. The molecule has 394 valence electrons. The van der Waals surface area contributed by atoms with Crippen molar-refractivity contribution < 1.29 is 43.4 Å². The average molecular weight is 1230 g/mol. The Labute approximate surface area is 475 Å². The fraction of sp³-hybridized carbons (Fsp3) is 0.0571. The Morgan fingerprint density at radius 3 is 1.59 bits per heavy atom. The molecule has 0 aliphatic carbocycles. The van der Waals surface area contributed by atoms with Gasteiger partial charge in [0.2, 0.25) is 0 Å². The number of rotatable bonds is 10. The van der Waals surface area contributed by atoms with Crippen molar-refractivity contribution in [3.63, 3.8) is 0 Å². The van der Waals surface area contributed by atoms with Crippen molar-refractivity contribution in [1.82, 2.24) is 9.55 Å². The van der Waals surface area contributed by atoms with Crippen LogP contribution in [-0.2, 0) is 26.5 Å². The first kappa shape index (κ1) is 51.7. The smallest absolute Gasteiger partial charge is 0.135 e. The Morgan fingerprint density at radius 1 is 0.450 bits per heavy atom. The van der Waals surface area contributed by atoms with E-state index in [1.165, 1.54) is 24.3 Å². The summed E-state index contributed by atoms with van der Waals surface area (Å²) in [4.78, 5) is 8.75. The molecule has 0 atom stereocenters. The van der Waals surface area contributed by atoms with Crippen molar-refractivity contribution in [1.29, 1.82) is 0 Å². The van der Waals surface area contributed by atoms with Crippen LogP contribution in [0.15, 0.2) is 225 Å². The quantitative estimate of drug-likeness (QED) is 0.101. The molecule has 1 aliphatic heterocycles. The molecule has 12 aromatic rings. The number of ether oxygens (including phenoxy) is 1. The Morgan fingerprint density at radius 2 is 0.988 bits per heavy atom. The van der Waals surface area contributed by atoms with Crippen molar-refractivity contribution in [2.24, 2.45) is 0 Å². The van der Waals surface area contributed by atoms with E-state index in [4.69, 9.17) is 9.72 Å². The van der Waals surface area contributed by atoms with E-state index >= 15 is 17.6 Å². The van der Waals surface area contributed by atoms with E-state index in [-0.39, 0.29) is 37.6 Å². The number of para-hydroxylation sites is 4. The second-order valence-electron chi connectivity index (χ2n) is 20.7. The minimum atomic E-state index is -0.773. The van der Waals surface area contributed by atoms with Crippen LogP contribution in [0.3, 0.4) is 0 Å². The predicted molar refractivity (Wildman–Crippen MR) is 310 cm³/mol. The largest absolute Gasteiger partial charge is 0.509 e. The Balaban J connectivity index is 0.00000637. The number of pyridine rings is 1. The zero-order valence-electron chi connectivity index (χ0n) is 43.5. The van der Waals surface area contributed by atoms with E-state index in [1.54, 1.807) is 18.2 Å². The third-order valence-corrected chi connectivity index (χ3v) is 14.4. The van der Waals surface area contributed by atoms with Crippen molar-refractivity contribution in [3.05, 3.63) is 272 Å². The Hall–Kier alpha value is -9.04. The average Bonchev–Trinajstić information content (AvgIpc) is 4.04. The zero-order chi connectivity index (χ0) is 53.9. The molecular formula is C70H47F4N4OPt-3. The fourth-order valence-corrected chi connectivity index (χ4v) is 10.7. The van der Waals surface area contributed by atoms with Crippen LogP contribution in [0, 0.1) is 42.1 Å². The minimum absolute atomic E-state index is 0. The molecule has 0 bridgehead atoms. The summed E-state index contributed by atoms with van der Waals surface area (Å²) in [6.45, 7) is 8.42. The molecule has 10 heteroatoms. The van der Waals surface area contributed by atoms with Gasteiger partial charge < -0.3 is 19.1 Å². The van der Waals surface area contributed by atoms with Gasteiger partial charge in [-0.25, -0.2) is 22.5 Å². The summed E-state index contributed by atoms with van der Waals surface area (Å²) in [5.41, 5.74) is 12.4. The third-order valence-electron chi connectivity index (χ3n) is 14.4. The van der Waals surface area contributed by atoms with Gasteiger partial charge in [0.05, 0.1) is 0 Å². The Kier molecular flexibility index (Phi) is 13.6. The molecule has 2 aromatic heterocycles. The molecule has 1 aliphatic rings. The summed E-state index contributed by atoms with van der Waals surface area (Å²) in [5.74, 6) is -1.49. The molecule has 10 aromatic carbocycles. The molecule has 5 nitrogen and oxygen atoms in total. The van der Waals surface area contributed by atoms with Crippen molar-refractivity contribution >= 4 is 44.6 Å². The second kappa shape index (κ2) is 21.0. The molecule has 13 rings (SSSR count). The molecule has 0 fully saturated rings. The number of hydrogen-bond donors (Lipinski definition) is 0. The van der Waals surface area contributed by atoms with Gasteiger partial charge >= 0.3 is 0 Å². The Bertz CT molecular complexity index is 4160. The molecular weight excluding hydrogens is 1180 g/mol. The van der Waals surface area contributed by atoms with E-state index in [2.05, 4.69) is 116 Å². The molecule has 0 saturated heterocycles. The fourth-order valence-electron chi connectivity index (χ4n) is 10.7. The van der Waals surface area contributed by atoms with Crippen LogP contribution in [0.1, 0.15) is 26.3 Å². The van der Waals surface area contributed by atoms with Gasteiger partial charge in [-0.05, 0) is 128 Å². The number of aromatic nitrogens is 2. The predicted octanol–water partition coefficient (Wildman–Crippen LogP) is 19.2. The number of fused-ring (bicyclic) bond motifs is 4. The first-order chi connectivity index (χ1) is 38.4. The number of hydrogen-bond acceptors (Lipinski definition) is 4. The molecule has 0 amide bonds. The molecule has 0 spiro atoms. The van der Waals surface area contributed by atoms with E-state index in [1.807, 2.05) is 108 Å². The second-order valence-corrected chi connectivity index (χ2v) is 20.7. The number of benzene rings is 10. The maximum absolute atomic E-state index is 15.2. The zero-order valence-corrected chi connectivity index (χ0v) is 45.7. The van der Waals surface area contributed by atoms with Gasteiger partial charge in [0, 0.05) is 84.6 Å². The SMILES string of the molecule is CC(C)(C)c1ccnc(-n2c3[c-]c(Oc4[c-]c(N5[CH-]N(c6c(-c7cc(F)cc(F)c7)cccc6-c6cc(F)cc(F)c6)c6ccccc65)cc(-c5cc(-c6ccccc6)cc(-c6ccccc6)c5)c4)ccc3c3ccccc32)c1.[Pt]. The molecule has 3 heterocycles. The maximum Gasteiger partial charge on any atom is 0.135 e. The van der Waals surface area contributed by atoms with Crippen LogP contribution >= 0.6 is 0 Å². The van der Waals surface area contributed by atoms with Gasteiger partial charge in [0.25, 0.3) is 0 Å². The maximum atomic E-state index is 15.2. The topological polar surface area (TPSA) is 33.5 Å². The van der Waals surface area contributed by atoms with Gasteiger partial charge in [0.1, 0.15) is 29.1 Å². The van der Waals surface area contributed by atoms with Gasteiger partial charge in [-0.2, -0.15) is 6.07 Å². The van der Waals surface area contributed by atoms with Crippen LogP contribution < -0.4 is 14.5 Å². The van der Waals surface area contributed by atoms with E-state index in [0.29, 0.717) is 39.7 Å². The number of halogens is 4. The molecule has 0 radical (unpaired) electrons. The first-order valence-corrected chi connectivity index (χ1v) is 25.9. The van der Waals surface area contributed by atoms with Gasteiger partial charge in [-0.1, -0.05) is 135 Å². The number of nitrogens with zero attached hydrogens (tertiary/aromatic N) is 4. The number of anilines is 4.